The van der Waals surface area contributed by atoms with E-state index in [2.05, 4.69) is 46.6 Å². The van der Waals surface area contributed by atoms with Crippen LogP contribution in [0.4, 0.5) is 0 Å². The number of carbonyl (C=O) groups is 1. The summed E-state index contributed by atoms with van der Waals surface area (Å²) in [5.74, 6) is 1.16. The summed E-state index contributed by atoms with van der Waals surface area (Å²) in [4.78, 5) is 15.5. The second-order valence-corrected chi connectivity index (χ2v) is 8.85. The smallest absolute Gasteiger partial charge is 0.255 e. The van der Waals surface area contributed by atoms with E-state index in [1.807, 2.05) is 0 Å². The molecule has 0 atom stereocenters. The zero-order valence-corrected chi connectivity index (χ0v) is 20.9. The van der Waals surface area contributed by atoms with Gasteiger partial charge in [-0.1, -0.05) is 24.3 Å². The van der Waals surface area contributed by atoms with Crippen molar-refractivity contribution in [2.75, 3.05) is 41.5 Å². The molecule has 0 aliphatic carbocycles. The van der Waals surface area contributed by atoms with Crippen LogP contribution in [0.1, 0.15) is 34.3 Å². The number of hydrogen-bond donors (Lipinski definition) is 1. The molecule has 1 heterocycles. The molecule has 7 nitrogen and oxygen atoms in total. The number of likely N-dealkylation sites (tertiary alicyclic amines) is 1. The van der Waals surface area contributed by atoms with Crippen LogP contribution in [-0.4, -0.2) is 58.4 Å². The highest BCUT2D eigenvalue weighted by Crippen LogP contribution is 2.39. The summed E-state index contributed by atoms with van der Waals surface area (Å²) in [6.07, 6.45) is 1.79. The molecule has 4 rings (SSSR count). The molecule has 1 aliphatic heterocycles. The molecule has 1 N–H and O–H groups in total. The number of rotatable bonds is 9. The number of methoxy groups -OCH3 is 4. The number of benzene rings is 3. The van der Waals surface area contributed by atoms with E-state index in [4.69, 9.17) is 18.9 Å². The minimum atomic E-state index is -0.164. The minimum Gasteiger partial charge on any atom is -0.493 e. The number of piperidine rings is 1. The van der Waals surface area contributed by atoms with Gasteiger partial charge in [-0.2, -0.15) is 0 Å². The monoisotopic (exact) mass is 478 g/mol. The summed E-state index contributed by atoms with van der Waals surface area (Å²) in [7, 11) is 6.34. The number of nitrogens with zero attached hydrogens (tertiary/aromatic N) is 1. The number of carbonyl (C=O) groups excluding carboxylic acids is 1. The van der Waals surface area contributed by atoms with E-state index in [-0.39, 0.29) is 11.9 Å². The summed E-state index contributed by atoms with van der Waals surface area (Å²) >= 11 is 0. The van der Waals surface area contributed by atoms with Crippen LogP contribution < -0.4 is 19.5 Å². The lowest BCUT2D eigenvalue weighted by Gasteiger charge is -2.32. The predicted octanol–water partition coefficient (Wildman–Crippen LogP) is 4.41. The van der Waals surface area contributed by atoms with Crippen LogP contribution in [0, 0.1) is 0 Å². The highest BCUT2D eigenvalue weighted by molar-refractivity contribution is 5.98. The van der Waals surface area contributed by atoms with Gasteiger partial charge in [-0.15, -0.1) is 0 Å². The Labute approximate surface area is 206 Å². The molecular formula is C28H34N2O5. The Kier molecular flexibility index (Phi) is 8.10. The highest BCUT2D eigenvalue weighted by Gasteiger charge is 2.25. The number of fused-ring (bicyclic) bond motifs is 1. The number of ether oxygens (including phenoxy) is 4. The van der Waals surface area contributed by atoms with Gasteiger partial charge in [0.1, 0.15) is 0 Å². The third-order valence-corrected chi connectivity index (χ3v) is 6.56. The molecule has 1 amide bonds. The maximum Gasteiger partial charge on any atom is 0.255 e. The quantitative estimate of drug-likeness (QED) is 0.492. The van der Waals surface area contributed by atoms with Gasteiger partial charge in [0, 0.05) is 32.8 Å². The Morgan fingerprint density at radius 1 is 0.857 bits per heavy atom. The van der Waals surface area contributed by atoms with Gasteiger partial charge in [0.25, 0.3) is 5.91 Å². The van der Waals surface area contributed by atoms with Crippen LogP contribution in [-0.2, 0) is 17.9 Å². The molecule has 1 aliphatic rings. The SMILES string of the molecule is COCc1ccc2ccc(CN3CCC(NC(=O)c4ccc(OC)c(OC)c4OC)CC3)cc2c1. The van der Waals surface area contributed by atoms with Crippen molar-refractivity contribution in [2.24, 2.45) is 0 Å². The van der Waals surface area contributed by atoms with Crippen molar-refractivity contribution in [2.45, 2.75) is 32.0 Å². The van der Waals surface area contributed by atoms with Crippen molar-refractivity contribution in [1.29, 1.82) is 0 Å². The number of amides is 1. The van der Waals surface area contributed by atoms with Gasteiger partial charge >= 0.3 is 0 Å². The van der Waals surface area contributed by atoms with E-state index >= 15 is 0 Å². The van der Waals surface area contributed by atoms with Crippen molar-refractivity contribution in [3.8, 4) is 17.2 Å². The second kappa shape index (κ2) is 11.4. The normalized spacial score (nSPS) is 14.6. The molecule has 0 bridgehead atoms. The molecule has 186 valence electrons. The van der Waals surface area contributed by atoms with Gasteiger partial charge in [0.05, 0.1) is 33.5 Å². The Morgan fingerprint density at radius 2 is 1.54 bits per heavy atom. The van der Waals surface area contributed by atoms with Crippen LogP contribution in [0.25, 0.3) is 10.8 Å². The lowest BCUT2D eigenvalue weighted by molar-refractivity contribution is 0.0905. The average molecular weight is 479 g/mol. The third kappa shape index (κ3) is 5.69. The first kappa shape index (κ1) is 24.8. The molecule has 7 heteroatoms. The molecule has 0 unspecified atom stereocenters. The minimum absolute atomic E-state index is 0.116. The summed E-state index contributed by atoms with van der Waals surface area (Å²) < 4.78 is 21.5. The lowest BCUT2D eigenvalue weighted by atomic mass is 10.0. The Hall–Kier alpha value is -3.29. The summed E-state index contributed by atoms with van der Waals surface area (Å²) in [6.45, 7) is 3.37. The van der Waals surface area contributed by atoms with Gasteiger partial charge < -0.3 is 24.3 Å². The van der Waals surface area contributed by atoms with E-state index < -0.39 is 0 Å². The van der Waals surface area contributed by atoms with Gasteiger partial charge in [0.15, 0.2) is 11.5 Å². The zero-order valence-electron chi connectivity index (χ0n) is 20.9. The van der Waals surface area contributed by atoms with Crippen LogP contribution in [0.2, 0.25) is 0 Å². The summed E-state index contributed by atoms with van der Waals surface area (Å²) in [6, 6.07) is 16.7. The molecule has 0 radical (unpaired) electrons. The van der Waals surface area contributed by atoms with E-state index in [1.54, 1.807) is 26.4 Å². The van der Waals surface area contributed by atoms with Crippen molar-refractivity contribution in [3.63, 3.8) is 0 Å². The van der Waals surface area contributed by atoms with Crippen molar-refractivity contribution in [1.82, 2.24) is 10.2 Å². The van der Waals surface area contributed by atoms with Crippen LogP contribution >= 0.6 is 0 Å². The van der Waals surface area contributed by atoms with E-state index in [0.29, 0.717) is 29.4 Å². The van der Waals surface area contributed by atoms with Crippen LogP contribution in [0.15, 0.2) is 48.5 Å². The van der Waals surface area contributed by atoms with E-state index in [1.165, 1.54) is 36.1 Å². The van der Waals surface area contributed by atoms with Gasteiger partial charge in [-0.3, -0.25) is 9.69 Å². The highest BCUT2D eigenvalue weighted by atomic mass is 16.5. The number of nitrogens with one attached hydrogen (secondary N) is 1. The largest absolute Gasteiger partial charge is 0.493 e. The van der Waals surface area contributed by atoms with Crippen LogP contribution in [0.5, 0.6) is 17.2 Å². The Bertz CT molecular complexity index is 1170. The van der Waals surface area contributed by atoms with Crippen LogP contribution in [0.3, 0.4) is 0 Å². The summed E-state index contributed by atoms with van der Waals surface area (Å²) in [5, 5.41) is 5.65. The Morgan fingerprint density at radius 3 is 2.20 bits per heavy atom. The average Bonchev–Trinajstić information content (AvgIpc) is 2.88. The molecule has 0 saturated carbocycles. The molecular weight excluding hydrogens is 444 g/mol. The first-order valence-electron chi connectivity index (χ1n) is 11.9. The maximum atomic E-state index is 13.0. The van der Waals surface area contributed by atoms with Crippen molar-refractivity contribution < 1.29 is 23.7 Å². The molecule has 1 fully saturated rings. The van der Waals surface area contributed by atoms with Gasteiger partial charge in [-0.05, 0) is 59.0 Å². The third-order valence-electron chi connectivity index (χ3n) is 6.56. The molecule has 0 aromatic heterocycles. The van der Waals surface area contributed by atoms with Crippen molar-refractivity contribution >= 4 is 16.7 Å². The second-order valence-electron chi connectivity index (χ2n) is 8.85. The topological polar surface area (TPSA) is 69.3 Å². The maximum absolute atomic E-state index is 13.0. The first-order chi connectivity index (χ1) is 17.1. The zero-order chi connectivity index (χ0) is 24.8. The fourth-order valence-corrected chi connectivity index (χ4v) is 4.74. The fraction of sp³-hybridized carbons (Fsp3) is 0.393. The molecule has 1 saturated heterocycles. The lowest BCUT2D eigenvalue weighted by Crippen LogP contribution is -2.44. The fourth-order valence-electron chi connectivity index (χ4n) is 4.74. The first-order valence-corrected chi connectivity index (χ1v) is 11.9. The predicted molar refractivity (Wildman–Crippen MR) is 137 cm³/mol. The molecule has 0 spiro atoms. The number of hydrogen-bond acceptors (Lipinski definition) is 6. The van der Waals surface area contributed by atoms with Crippen molar-refractivity contribution in [3.05, 3.63) is 65.2 Å². The van der Waals surface area contributed by atoms with E-state index in [0.717, 1.165) is 32.5 Å². The molecule has 35 heavy (non-hydrogen) atoms. The molecule has 3 aromatic rings. The van der Waals surface area contributed by atoms with E-state index in [9.17, 15) is 4.79 Å². The summed E-state index contributed by atoms with van der Waals surface area (Å²) in [5.41, 5.74) is 2.92. The van der Waals surface area contributed by atoms with Gasteiger partial charge in [-0.25, -0.2) is 0 Å². The molecule has 3 aromatic carbocycles. The van der Waals surface area contributed by atoms with Gasteiger partial charge in [0.2, 0.25) is 5.75 Å². The standard InChI is InChI=1S/C28H34N2O5/c1-32-18-20-6-8-21-7-5-19(15-22(21)16-20)17-30-13-11-23(12-14-30)29-28(31)24-9-10-25(33-2)27(35-4)26(24)34-3/h5-10,15-16,23H,11-14,17-18H2,1-4H3,(H,29,31). The Balaban J connectivity index is 1.36.